The summed E-state index contributed by atoms with van der Waals surface area (Å²) in [6, 6.07) is 0.257. The Morgan fingerprint density at radius 1 is 1.57 bits per heavy atom. The molecule has 0 spiro atoms. The monoisotopic (exact) mass is 218 g/mol. The highest BCUT2D eigenvalue weighted by molar-refractivity contribution is 7.98. The van der Waals surface area contributed by atoms with Gasteiger partial charge in [0, 0.05) is 18.2 Å². The van der Waals surface area contributed by atoms with Gasteiger partial charge in [-0.05, 0) is 25.6 Å². The third kappa shape index (κ3) is 6.27. The van der Waals surface area contributed by atoms with Crippen LogP contribution in [0.4, 0.5) is 0 Å². The van der Waals surface area contributed by atoms with E-state index in [2.05, 4.69) is 12.2 Å². The lowest BCUT2D eigenvalue weighted by Gasteiger charge is -2.15. The van der Waals surface area contributed by atoms with Crippen molar-refractivity contribution >= 4 is 17.7 Å². The molecule has 3 nitrogen and oxygen atoms in total. The Hall–Kier alpha value is -0.220. The lowest BCUT2D eigenvalue weighted by molar-refractivity contribution is -0.122. The summed E-state index contributed by atoms with van der Waals surface area (Å²) < 4.78 is 0. The van der Waals surface area contributed by atoms with Gasteiger partial charge in [-0.3, -0.25) is 4.79 Å². The first-order valence-corrected chi connectivity index (χ1v) is 6.51. The van der Waals surface area contributed by atoms with Gasteiger partial charge in [-0.25, -0.2) is 0 Å². The van der Waals surface area contributed by atoms with Gasteiger partial charge in [-0.1, -0.05) is 13.3 Å². The highest BCUT2D eigenvalue weighted by Crippen LogP contribution is 2.06. The van der Waals surface area contributed by atoms with E-state index in [-0.39, 0.29) is 11.9 Å². The van der Waals surface area contributed by atoms with Crippen LogP contribution in [0, 0.1) is 5.92 Å². The Balaban J connectivity index is 3.73. The minimum absolute atomic E-state index is 0.129. The van der Waals surface area contributed by atoms with Crippen molar-refractivity contribution in [3.05, 3.63) is 0 Å². The fraction of sp³-hybridized carbons (Fsp3) is 0.900. The van der Waals surface area contributed by atoms with Gasteiger partial charge in [-0.2, -0.15) is 11.8 Å². The highest BCUT2D eigenvalue weighted by atomic mass is 32.2. The Kier molecular flexibility index (Phi) is 7.99. The number of hydrogen-bond donors (Lipinski definition) is 2. The average Bonchev–Trinajstić information content (AvgIpc) is 2.14. The maximum Gasteiger partial charge on any atom is 0.220 e. The van der Waals surface area contributed by atoms with Crippen molar-refractivity contribution in [2.75, 3.05) is 18.6 Å². The van der Waals surface area contributed by atoms with Crippen molar-refractivity contribution in [1.82, 2.24) is 5.32 Å². The van der Waals surface area contributed by atoms with Crippen LogP contribution in [0.15, 0.2) is 0 Å². The third-order valence-electron chi connectivity index (χ3n) is 2.21. The average molecular weight is 218 g/mol. The van der Waals surface area contributed by atoms with Crippen LogP contribution in [0.5, 0.6) is 0 Å². The first-order chi connectivity index (χ1) is 6.63. The van der Waals surface area contributed by atoms with E-state index in [0.29, 0.717) is 18.9 Å². The van der Waals surface area contributed by atoms with Gasteiger partial charge >= 0.3 is 0 Å². The van der Waals surface area contributed by atoms with E-state index in [4.69, 9.17) is 5.73 Å². The number of nitrogens with two attached hydrogens (primary N) is 1. The van der Waals surface area contributed by atoms with Crippen LogP contribution in [0.2, 0.25) is 0 Å². The van der Waals surface area contributed by atoms with Gasteiger partial charge in [0.2, 0.25) is 5.91 Å². The standard InChI is InChI=1S/C10H22N2OS/c1-4-9(6-11)5-10(13)12-8(2)7-14-3/h8-9H,4-7,11H2,1-3H3,(H,12,13). The van der Waals surface area contributed by atoms with Crippen molar-refractivity contribution in [2.45, 2.75) is 32.7 Å². The summed E-state index contributed by atoms with van der Waals surface area (Å²) in [7, 11) is 0. The molecule has 0 saturated carbocycles. The van der Waals surface area contributed by atoms with Gasteiger partial charge in [0.1, 0.15) is 0 Å². The molecule has 4 heteroatoms. The van der Waals surface area contributed by atoms with E-state index in [1.165, 1.54) is 0 Å². The Morgan fingerprint density at radius 2 is 2.21 bits per heavy atom. The van der Waals surface area contributed by atoms with Crippen molar-refractivity contribution in [3.63, 3.8) is 0 Å². The molecule has 0 aromatic carbocycles. The molecular formula is C10H22N2OS. The second-order valence-electron chi connectivity index (χ2n) is 3.64. The van der Waals surface area contributed by atoms with Crippen LogP contribution < -0.4 is 11.1 Å². The van der Waals surface area contributed by atoms with Crippen LogP contribution in [-0.2, 0) is 4.79 Å². The van der Waals surface area contributed by atoms with Crippen molar-refractivity contribution in [1.29, 1.82) is 0 Å². The molecule has 0 rings (SSSR count). The summed E-state index contributed by atoms with van der Waals surface area (Å²) in [6.45, 7) is 4.69. The molecule has 0 heterocycles. The predicted molar refractivity (Wildman–Crippen MR) is 63.4 cm³/mol. The van der Waals surface area contributed by atoms with Gasteiger partial charge in [-0.15, -0.1) is 0 Å². The van der Waals surface area contributed by atoms with E-state index in [1.807, 2.05) is 13.2 Å². The molecule has 2 atom stereocenters. The molecule has 2 unspecified atom stereocenters. The topological polar surface area (TPSA) is 55.1 Å². The summed E-state index contributed by atoms with van der Waals surface area (Å²) in [5.41, 5.74) is 5.54. The Labute approximate surface area is 91.2 Å². The van der Waals surface area contributed by atoms with Crippen LogP contribution in [0.1, 0.15) is 26.7 Å². The van der Waals surface area contributed by atoms with Crippen LogP contribution in [-0.4, -0.2) is 30.5 Å². The lowest BCUT2D eigenvalue weighted by Crippen LogP contribution is -2.36. The number of nitrogens with one attached hydrogen (secondary N) is 1. The van der Waals surface area contributed by atoms with Crippen LogP contribution in [0.3, 0.4) is 0 Å². The molecule has 0 aliphatic carbocycles. The SMILES string of the molecule is CCC(CN)CC(=O)NC(C)CSC. The van der Waals surface area contributed by atoms with E-state index >= 15 is 0 Å². The molecule has 0 radical (unpaired) electrons. The quantitative estimate of drug-likeness (QED) is 0.676. The predicted octanol–water partition coefficient (Wildman–Crippen LogP) is 1.23. The third-order valence-corrected chi connectivity index (χ3v) is 3.04. The number of rotatable bonds is 7. The second kappa shape index (κ2) is 8.12. The van der Waals surface area contributed by atoms with Crippen LogP contribution in [0.25, 0.3) is 0 Å². The molecule has 0 aliphatic heterocycles. The molecule has 0 bridgehead atoms. The Morgan fingerprint density at radius 3 is 2.64 bits per heavy atom. The second-order valence-corrected chi connectivity index (χ2v) is 4.55. The lowest BCUT2D eigenvalue weighted by atomic mass is 10.0. The maximum atomic E-state index is 11.5. The Bertz CT molecular complexity index is 160. The zero-order chi connectivity index (χ0) is 11.0. The van der Waals surface area contributed by atoms with Crippen molar-refractivity contribution in [3.8, 4) is 0 Å². The molecule has 0 aromatic heterocycles. The molecule has 1 amide bonds. The van der Waals surface area contributed by atoms with E-state index < -0.39 is 0 Å². The molecule has 0 aromatic rings. The summed E-state index contributed by atoms with van der Waals surface area (Å²) in [5.74, 6) is 1.42. The number of amides is 1. The maximum absolute atomic E-state index is 11.5. The molecule has 0 aliphatic rings. The van der Waals surface area contributed by atoms with Crippen molar-refractivity contribution < 1.29 is 4.79 Å². The highest BCUT2D eigenvalue weighted by Gasteiger charge is 2.12. The molecule has 3 N–H and O–H groups in total. The first kappa shape index (κ1) is 13.8. The van der Waals surface area contributed by atoms with E-state index in [0.717, 1.165) is 12.2 Å². The number of carbonyl (C=O) groups is 1. The van der Waals surface area contributed by atoms with E-state index in [1.54, 1.807) is 11.8 Å². The number of thioether (sulfide) groups is 1. The largest absolute Gasteiger partial charge is 0.353 e. The minimum atomic E-state index is 0.129. The van der Waals surface area contributed by atoms with Crippen molar-refractivity contribution in [2.24, 2.45) is 11.7 Å². The zero-order valence-corrected chi connectivity index (χ0v) is 10.2. The molecule has 14 heavy (non-hydrogen) atoms. The summed E-state index contributed by atoms with van der Waals surface area (Å²) in [4.78, 5) is 11.5. The zero-order valence-electron chi connectivity index (χ0n) is 9.38. The molecule has 84 valence electrons. The fourth-order valence-corrected chi connectivity index (χ4v) is 1.87. The summed E-state index contributed by atoms with van der Waals surface area (Å²) in [6.07, 6.45) is 3.57. The molecule has 0 fully saturated rings. The van der Waals surface area contributed by atoms with Crippen LogP contribution >= 0.6 is 11.8 Å². The molecule has 0 saturated heterocycles. The normalized spacial score (nSPS) is 14.9. The molecular weight excluding hydrogens is 196 g/mol. The smallest absolute Gasteiger partial charge is 0.220 e. The summed E-state index contributed by atoms with van der Waals surface area (Å²) >= 11 is 1.74. The van der Waals surface area contributed by atoms with Gasteiger partial charge in [0.25, 0.3) is 0 Å². The van der Waals surface area contributed by atoms with Gasteiger partial charge in [0.15, 0.2) is 0 Å². The fourth-order valence-electron chi connectivity index (χ4n) is 1.28. The summed E-state index contributed by atoms with van der Waals surface area (Å²) in [5, 5.41) is 2.96. The number of carbonyl (C=O) groups excluding carboxylic acids is 1. The minimum Gasteiger partial charge on any atom is -0.353 e. The van der Waals surface area contributed by atoms with Gasteiger partial charge < -0.3 is 11.1 Å². The number of hydrogen-bond acceptors (Lipinski definition) is 3. The van der Waals surface area contributed by atoms with E-state index in [9.17, 15) is 4.79 Å². The van der Waals surface area contributed by atoms with Gasteiger partial charge in [0.05, 0.1) is 0 Å². The first-order valence-electron chi connectivity index (χ1n) is 5.12.